The molecule has 0 fully saturated rings. The number of hydrogen-bond acceptors (Lipinski definition) is 3. The summed E-state index contributed by atoms with van der Waals surface area (Å²) in [6.45, 7) is 13.5. The van der Waals surface area contributed by atoms with Gasteiger partial charge in [-0.2, -0.15) is 0 Å². The Morgan fingerprint density at radius 2 is 2.08 bits per heavy atom. The summed E-state index contributed by atoms with van der Waals surface area (Å²) < 4.78 is 0. The van der Waals surface area contributed by atoms with Crippen molar-refractivity contribution in [1.82, 2.24) is 4.90 Å². The van der Waals surface area contributed by atoms with E-state index in [1.54, 1.807) is 0 Å². The van der Waals surface area contributed by atoms with Gasteiger partial charge in [0, 0.05) is 19.6 Å². The second-order valence-corrected chi connectivity index (χ2v) is 3.63. The van der Waals surface area contributed by atoms with Crippen LogP contribution >= 0.6 is 0 Å². The molecular weight excluding hydrogens is 150 g/mol. The van der Waals surface area contributed by atoms with Crippen molar-refractivity contribution in [2.45, 2.75) is 26.3 Å². The first kappa shape index (κ1) is 11.6. The first-order valence-electron chi connectivity index (χ1n) is 4.46. The Hall–Kier alpha value is -0.410. The lowest BCUT2D eigenvalue weighted by Gasteiger charge is -2.28. The van der Waals surface area contributed by atoms with Crippen LogP contribution in [-0.2, 0) is 0 Å². The standard InChI is InChI=1S/C9H21N3/c1-5-12(7-6-10)8-9(2,3)11-4/h4-8,10H2,1-3H3. The Morgan fingerprint density at radius 3 is 2.42 bits per heavy atom. The predicted octanol–water partition coefficient (Wildman–Crippen LogP) is 0.746. The molecule has 0 aliphatic rings. The van der Waals surface area contributed by atoms with Crippen LogP contribution in [0.1, 0.15) is 20.8 Å². The minimum atomic E-state index is -0.0504. The zero-order valence-electron chi connectivity index (χ0n) is 8.51. The van der Waals surface area contributed by atoms with Crippen molar-refractivity contribution in [2.75, 3.05) is 26.2 Å². The van der Waals surface area contributed by atoms with E-state index < -0.39 is 0 Å². The van der Waals surface area contributed by atoms with Gasteiger partial charge < -0.3 is 5.73 Å². The van der Waals surface area contributed by atoms with Gasteiger partial charge in [-0.25, -0.2) is 0 Å². The summed E-state index contributed by atoms with van der Waals surface area (Å²) in [7, 11) is 0. The maximum atomic E-state index is 5.48. The fourth-order valence-electron chi connectivity index (χ4n) is 1.13. The van der Waals surface area contributed by atoms with Crippen LogP contribution in [-0.4, -0.2) is 43.3 Å². The van der Waals surface area contributed by atoms with Crippen LogP contribution < -0.4 is 5.73 Å². The highest BCUT2D eigenvalue weighted by atomic mass is 15.1. The quantitative estimate of drug-likeness (QED) is 0.599. The Kier molecular flexibility index (Phi) is 5.09. The van der Waals surface area contributed by atoms with Crippen LogP contribution in [0.5, 0.6) is 0 Å². The monoisotopic (exact) mass is 171 g/mol. The fraction of sp³-hybridized carbons (Fsp3) is 0.889. The van der Waals surface area contributed by atoms with Crippen LogP contribution in [0.4, 0.5) is 0 Å². The molecule has 0 heterocycles. The van der Waals surface area contributed by atoms with E-state index in [1.165, 1.54) is 0 Å². The molecule has 0 aromatic rings. The lowest BCUT2D eigenvalue weighted by Crippen LogP contribution is -2.39. The average Bonchev–Trinajstić information content (AvgIpc) is 2.03. The molecule has 3 nitrogen and oxygen atoms in total. The number of aliphatic imine (C=N–C) groups is 1. The van der Waals surface area contributed by atoms with E-state index in [0.29, 0.717) is 6.54 Å². The summed E-state index contributed by atoms with van der Waals surface area (Å²) in [5.74, 6) is 0. The summed E-state index contributed by atoms with van der Waals surface area (Å²) in [4.78, 5) is 6.34. The number of likely N-dealkylation sites (N-methyl/N-ethyl adjacent to an activating group) is 1. The molecular formula is C9H21N3. The van der Waals surface area contributed by atoms with E-state index in [2.05, 4.69) is 37.4 Å². The zero-order valence-corrected chi connectivity index (χ0v) is 8.51. The molecule has 2 N–H and O–H groups in total. The third-order valence-electron chi connectivity index (χ3n) is 1.93. The van der Waals surface area contributed by atoms with E-state index in [4.69, 9.17) is 5.73 Å². The molecule has 0 atom stereocenters. The van der Waals surface area contributed by atoms with Gasteiger partial charge in [0.25, 0.3) is 0 Å². The van der Waals surface area contributed by atoms with E-state index in [0.717, 1.165) is 19.6 Å². The average molecular weight is 171 g/mol. The van der Waals surface area contributed by atoms with E-state index >= 15 is 0 Å². The molecule has 0 saturated carbocycles. The molecule has 0 saturated heterocycles. The van der Waals surface area contributed by atoms with Crippen molar-refractivity contribution < 1.29 is 0 Å². The molecule has 0 rings (SSSR count). The molecule has 0 aliphatic carbocycles. The Labute approximate surface area is 75.7 Å². The maximum absolute atomic E-state index is 5.48. The van der Waals surface area contributed by atoms with Gasteiger partial charge in [-0.3, -0.25) is 9.89 Å². The number of hydrogen-bond donors (Lipinski definition) is 1. The molecule has 0 aromatic carbocycles. The van der Waals surface area contributed by atoms with Crippen molar-refractivity contribution >= 4 is 6.72 Å². The Balaban J connectivity index is 3.91. The maximum Gasteiger partial charge on any atom is 0.0671 e. The topological polar surface area (TPSA) is 41.6 Å². The molecule has 0 bridgehead atoms. The van der Waals surface area contributed by atoms with E-state index in [-0.39, 0.29) is 5.54 Å². The first-order chi connectivity index (χ1) is 5.55. The summed E-state index contributed by atoms with van der Waals surface area (Å²) >= 11 is 0. The fourth-order valence-corrected chi connectivity index (χ4v) is 1.13. The van der Waals surface area contributed by atoms with Crippen LogP contribution in [0.2, 0.25) is 0 Å². The van der Waals surface area contributed by atoms with Crippen LogP contribution in [0.3, 0.4) is 0 Å². The number of nitrogens with zero attached hydrogens (tertiary/aromatic N) is 2. The van der Waals surface area contributed by atoms with Gasteiger partial charge in [-0.1, -0.05) is 6.92 Å². The van der Waals surface area contributed by atoms with Crippen LogP contribution in [0.15, 0.2) is 4.99 Å². The highest BCUT2D eigenvalue weighted by Gasteiger charge is 2.17. The highest BCUT2D eigenvalue weighted by molar-refractivity contribution is 5.25. The Morgan fingerprint density at radius 1 is 1.50 bits per heavy atom. The van der Waals surface area contributed by atoms with Gasteiger partial charge in [0.05, 0.1) is 5.54 Å². The number of rotatable bonds is 6. The third kappa shape index (κ3) is 4.46. The molecule has 0 aromatic heterocycles. The molecule has 0 aliphatic heterocycles. The van der Waals surface area contributed by atoms with Crippen molar-refractivity contribution in [3.63, 3.8) is 0 Å². The van der Waals surface area contributed by atoms with E-state index in [9.17, 15) is 0 Å². The highest BCUT2D eigenvalue weighted by Crippen LogP contribution is 2.09. The molecule has 0 radical (unpaired) electrons. The van der Waals surface area contributed by atoms with Crippen molar-refractivity contribution in [1.29, 1.82) is 0 Å². The molecule has 3 heteroatoms. The summed E-state index contributed by atoms with van der Waals surface area (Å²) in [5.41, 5.74) is 5.43. The second kappa shape index (κ2) is 5.27. The van der Waals surface area contributed by atoms with E-state index in [1.807, 2.05) is 0 Å². The molecule has 0 amide bonds. The third-order valence-corrected chi connectivity index (χ3v) is 1.93. The van der Waals surface area contributed by atoms with Gasteiger partial charge in [-0.05, 0) is 27.1 Å². The van der Waals surface area contributed by atoms with Gasteiger partial charge in [0.2, 0.25) is 0 Å². The van der Waals surface area contributed by atoms with Gasteiger partial charge in [0.15, 0.2) is 0 Å². The largest absolute Gasteiger partial charge is 0.329 e. The minimum Gasteiger partial charge on any atom is -0.329 e. The molecule has 12 heavy (non-hydrogen) atoms. The molecule has 0 spiro atoms. The first-order valence-corrected chi connectivity index (χ1v) is 4.46. The van der Waals surface area contributed by atoms with Crippen LogP contribution in [0.25, 0.3) is 0 Å². The van der Waals surface area contributed by atoms with Gasteiger partial charge in [-0.15, -0.1) is 0 Å². The van der Waals surface area contributed by atoms with Crippen molar-refractivity contribution in [3.05, 3.63) is 0 Å². The van der Waals surface area contributed by atoms with Gasteiger partial charge in [0.1, 0.15) is 0 Å². The second-order valence-electron chi connectivity index (χ2n) is 3.63. The SMILES string of the molecule is C=NC(C)(C)CN(CC)CCN. The summed E-state index contributed by atoms with van der Waals surface area (Å²) in [6, 6.07) is 0. The lowest BCUT2D eigenvalue weighted by molar-refractivity contribution is 0.243. The normalized spacial score (nSPS) is 12.1. The van der Waals surface area contributed by atoms with Crippen molar-refractivity contribution in [3.8, 4) is 0 Å². The summed E-state index contributed by atoms with van der Waals surface area (Å²) in [5, 5.41) is 0. The minimum absolute atomic E-state index is 0.0504. The number of nitrogens with two attached hydrogens (primary N) is 1. The Bertz CT molecular complexity index is 132. The summed E-state index contributed by atoms with van der Waals surface area (Å²) in [6.07, 6.45) is 0. The van der Waals surface area contributed by atoms with Crippen molar-refractivity contribution in [2.24, 2.45) is 10.7 Å². The van der Waals surface area contributed by atoms with Gasteiger partial charge >= 0.3 is 0 Å². The molecule has 72 valence electrons. The van der Waals surface area contributed by atoms with Crippen LogP contribution in [0, 0.1) is 0 Å². The predicted molar refractivity (Wildman–Crippen MR) is 54.8 cm³/mol. The lowest BCUT2D eigenvalue weighted by atomic mass is 10.1. The zero-order chi connectivity index (χ0) is 9.61. The molecule has 0 unspecified atom stereocenters. The smallest absolute Gasteiger partial charge is 0.0671 e.